The van der Waals surface area contributed by atoms with Gasteiger partial charge in [-0.3, -0.25) is 0 Å². The second-order valence-electron chi connectivity index (χ2n) is 8.53. The van der Waals surface area contributed by atoms with Crippen molar-refractivity contribution in [1.29, 1.82) is 21.0 Å². The summed E-state index contributed by atoms with van der Waals surface area (Å²) in [7, 11) is -2.46. The van der Waals surface area contributed by atoms with Gasteiger partial charge in [-0.05, 0) is 67.7 Å². The maximum atomic E-state index is 10.1. The van der Waals surface area contributed by atoms with Crippen molar-refractivity contribution < 1.29 is 0 Å². The van der Waals surface area contributed by atoms with Crippen LogP contribution in [0.1, 0.15) is 42.0 Å². The molecule has 0 saturated heterocycles. The lowest BCUT2D eigenvalue weighted by Crippen LogP contribution is -2.31. The first-order chi connectivity index (χ1) is 18.7. The minimum Gasteiger partial charge on any atom is -0.192 e. The van der Waals surface area contributed by atoms with Gasteiger partial charge in [0.1, 0.15) is 0 Å². The van der Waals surface area contributed by atoms with Crippen LogP contribution in [0.5, 0.6) is 0 Å². The quantitative estimate of drug-likeness (QED) is 0.269. The number of benzene rings is 4. The zero-order valence-electron chi connectivity index (χ0n) is 20.9. The summed E-state index contributed by atoms with van der Waals surface area (Å²) >= 11 is 0. The van der Waals surface area contributed by atoms with E-state index in [0.717, 1.165) is 34.1 Å². The molecular weight excluding hydrogens is 502 g/mol. The Balaban J connectivity index is 2.12. The molecule has 0 aliphatic rings. The SMILES string of the molecule is CCCC(P(c1ccccc1C#N)c1ccccc1C#N)P(c1ccccc1C#N)c1ccccc1C#N. The first kappa shape index (κ1) is 26.8. The molecule has 4 nitrogen and oxygen atoms in total. The summed E-state index contributed by atoms with van der Waals surface area (Å²) in [4.78, 5) is 0. The molecule has 4 aromatic rings. The zero-order valence-corrected chi connectivity index (χ0v) is 22.7. The standard InChI is InChI=1S/C32H24N4P2/c1-2-11-32(37(28-16-7-3-12-24(28)20-33)29-17-8-4-13-25(29)21-34)38(30-18-9-5-14-26(30)22-35)31-19-10-6-15-27(31)23-36/h3-10,12-19,32H,2,11H2,1H3. The molecule has 0 spiro atoms. The molecule has 0 aliphatic carbocycles. The molecule has 4 aromatic carbocycles. The summed E-state index contributed by atoms with van der Waals surface area (Å²) in [5.74, 6) is 0. The minimum absolute atomic E-state index is 0.0296. The van der Waals surface area contributed by atoms with Gasteiger partial charge >= 0.3 is 0 Å². The molecule has 0 bridgehead atoms. The fraction of sp³-hybridized carbons (Fsp3) is 0.125. The molecule has 0 aromatic heterocycles. The van der Waals surface area contributed by atoms with Crippen molar-refractivity contribution in [3.05, 3.63) is 119 Å². The fourth-order valence-corrected chi connectivity index (χ4v) is 12.4. The Hall–Kier alpha value is -4.30. The average Bonchev–Trinajstić information content (AvgIpc) is 2.98. The lowest BCUT2D eigenvalue weighted by atomic mass is 10.2. The third kappa shape index (κ3) is 5.35. The third-order valence-electron chi connectivity index (χ3n) is 6.28. The lowest BCUT2D eigenvalue weighted by Gasteiger charge is -2.37. The fourth-order valence-electron chi connectivity index (χ4n) is 4.65. The van der Waals surface area contributed by atoms with Crippen molar-refractivity contribution in [2.45, 2.75) is 25.2 Å². The number of nitriles is 4. The van der Waals surface area contributed by atoms with Gasteiger partial charge in [0.05, 0.1) is 46.5 Å². The number of nitrogens with zero attached hydrogens (tertiary/aromatic N) is 4. The molecule has 0 heterocycles. The Morgan fingerprint density at radius 1 is 0.500 bits per heavy atom. The van der Waals surface area contributed by atoms with Crippen molar-refractivity contribution >= 4 is 37.1 Å². The summed E-state index contributed by atoms with van der Waals surface area (Å²) < 4.78 is 0. The van der Waals surface area contributed by atoms with Crippen molar-refractivity contribution in [2.24, 2.45) is 0 Å². The van der Waals surface area contributed by atoms with E-state index in [2.05, 4.69) is 31.2 Å². The normalized spacial score (nSPS) is 10.5. The second-order valence-corrected chi connectivity index (χ2v) is 13.6. The van der Waals surface area contributed by atoms with E-state index < -0.39 is 15.8 Å². The molecule has 0 amide bonds. The molecule has 0 saturated carbocycles. The van der Waals surface area contributed by atoms with E-state index in [-0.39, 0.29) is 5.40 Å². The average molecular weight is 527 g/mol. The van der Waals surface area contributed by atoms with E-state index in [4.69, 9.17) is 0 Å². The van der Waals surface area contributed by atoms with Gasteiger partial charge in [0.15, 0.2) is 0 Å². The van der Waals surface area contributed by atoms with Gasteiger partial charge in [-0.15, -0.1) is 0 Å². The molecule has 0 radical (unpaired) electrons. The summed E-state index contributed by atoms with van der Waals surface area (Å²) in [5, 5.41) is 44.1. The summed E-state index contributed by atoms with van der Waals surface area (Å²) in [6.45, 7) is 2.13. The highest BCUT2D eigenvalue weighted by Crippen LogP contribution is 2.59. The molecule has 0 fully saturated rings. The van der Waals surface area contributed by atoms with Gasteiger partial charge < -0.3 is 0 Å². The molecule has 0 aliphatic heterocycles. The highest BCUT2D eigenvalue weighted by atomic mass is 31.2. The van der Waals surface area contributed by atoms with Crippen LogP contribution in [-0.4, -0.2) is 5.40 Å². The number of hydrogen-bond donors (Lipinski definition) is 0. The van der Waals surface area contributed by atoms with E-state index in [1.165, 1.54) is 0 Å². The molecule has 0 atom stereocenters. The van der Waals surface area contributed by atoms with Crippen LogP contribution in [0.3, 0.4) is 0 Å². The van der Waals surface area contributed by atoms with Crippen molar-refractivity contribution in [3.63, 3.8) is 0 Å². The van der Waals surface area contributed by atoms with Crippen LogP contribution in [0.15, 0.2) is 97.1 Å². The second kappa shape index (κ2) is 12.8. The zero-order chi connectivity index (χ0) is 26.9. The Bertz CT molecular complexity index is 1380. The third-order valence-corrected chi connectivity index (χ3v) is 13.0. The van der Waals surface area contributed by atoms with Gasteiger partial charge in [-0.1, -0.05) is 86.1 Å². The lowest BCUT2D eigenvalue weighted by molar-refractivity contribution is 0.863. The van der Waals surface area contributed by atoms with Crippen molar-refractivity contribution in [2.75, 3.05) is 0 Å². The largest absolute Gasteiger partial charge is 0.192 e. The topological polar surface area (TPSA) is 95.2 Å². The van der Waals surface area contributed by atoms with E-state index in [1.54, 1.807) is 0 Å². The maximum Gasteiger partial charge on any atom is 0.0998 e. The van der Waals surface area contributed by atoms with Crippen LogP contribution in [0.4, 0.5) is 0 Å². The van der Waals surface area contributed by atoms with Crippen molar-refractivity contribution in [1.82, 2.24) is 0 Å². The first-order valence-electron chi connectivity index (χ1n) is 12.2. The van der Waals surface area contributed by atoms with Gasteiger partial charge in [-0.25, -0.2) is 0 Å². The molecule has 0 N–H and O–H groups in total. The molecular formula is C32H24N4P2. The Morgan fingerprint density at radius 3 is 1.00 bits per heavy atom. The van der Waals surface area contributed by atoms with Crippen LogP contribution >= 0.6 is 15.8 Å². The highest BCUT2D eigenvalue weighted by molar-refractivity contribution is 7.89. The van der Waals surface area contributed by atoms with Crippen molar-refractivity contribution in [3.8, 4) is 24.3 Å². The van der Waals surface area contributed by atoms with Gasteiger partial charge in [-0.2, -0.15) is 21.0 Å². The molecule has 6 heteroatoms. The predicted octanol–water partition coefficient (Wildman–Crippen LogP) is 5.87. The van der Waals surface area contributed by atoms with Crippen LogP contribution < -0.4 is 21.2 Å². The van der Waals surface area contributed by atoms with Gasteiger partial charge in [0.2, 0.25) is 0 Å². The summed E-state index contributed by atoms with van der Waals surface area (Å²) in [6.07, 6.45) is 1.67. The maximum absolute atomic E-state index is 10.1. The first-order valence-corrected chi connectivity index (χ1v) is 15.1. The number of hydrogen-bond acceptors (Lipinski definition) is 4. The molecule has 182 valence electrons. The Kier molecular flexibility index (Phi) is 9.00. The summed E-state index contributed by atoms with van der Waals surface area (Å²) in [5.41, 5.74) is 2.35. The van der Waals surface area contributed by atoms with Crippen LogP contribution in [-0.2, 0) is 0 Å². The van der Waals surface area contributed by atoms with Gasteiger partial charge in [0.25, 0.3) is 0 Å². The minimum atomic E-state index is -1.23. The summed E-state index contributed by atoms with van der Waals surface area (Å²) in [6, 6.07) is 40.1. The Labute approximate surface area is 226 Å². The van der Waals surface area contributed by atoms with Gasteiger partial charge in [0, 0.05) is 5.40 Å². The number of rotatable bonds is 8. The molecule has 38 heavy (non-hydrogen) atoms. The van der Waals surface area contributed by atoms with E-state index in [1.807, 2.05) is 97.1 Å². The van der Waals surface area contributed by atoms with E-state index >= 15 is 0 Å². The molecule has 4 rings (SSSR count). The smallest absolute Gasteiger partial charge is 0.0998 e. The monoisotopic (exact) mass is 526 g/mol. The highest BCUT2D eigenvalue weighted by Gasteiger charge is 2.37. The van der Waals surface area contributed by atoms with E-state index in [9.17, 15) is 21.0 Å². The predicted molar refractivity (Wildman–Crippen MR) is 156 cm³/mol. The van der Waals surface area contributed by atoms with Crippen LogP contribution in [0.2, 0.25) is 0 Å². The van der Waals surface area contributed by atoms with E-state index in [0.29, 0.717) is 22.3 Å². The van der Waals surface area contributed by atoms with Crippen LogP contribution in [0.25, 0.3) is 0 Å². The Morgan fingerprint density at radius 2 is 0.763 bits per heavy atom. The van der Waals surface area contributed by atoms with Crippen LogP contribution in [0, 0.1) is 45.3 Å². The molecule has 0 unspecified atom stereocenters.